The predicted molar refractivity (Wildman–Crippen MR) is 271 cm³/mol. The maximum atomic E-state index is 12.9. The van der Waals surface area contributed by atoms with Gasteiger partial charge in [0, 0.05) is 48.8 Å². The molecule has 352 valence electrons. The summed E-state index contributed by atoms with van der Waals surface area (Å²) < 4.78 is 23.0. The van der Waals surface area contributed by atoms with Crippen LogP contribution in [-0.4, -0.2) is 60.9 Å². The second kappa shape index (κ2) is 27.1. The van der Waals surface area contributed by atoms with Crippen LogP contribution in [0.25, 0.3) is 21.5 Å². The number of phenols is 2. The molecule has 10 nitrogen and oxygen atoms in total. The van der Waals surface area contributed by atoms with Gasteiger partial charge in [-0.25, -0.2) is 9.59 Å². The number of aromatic hydroxyl groups is 2. The Labute approximate surface area is 395 Å². The van der Waals surface area contributed by atoms with E-state index in [1.807, 2.05) is 48.5 Å². The second-order valence-corrected chi connectivity index (χ2v) is 17.0. The van der Waals surface area contributed by atoms with Crippen molar-refractivity contribution >= 4 is 45.9 Å². The summed E-state index contributed by atoms with van der Waals surface area (Å²) in [6.07, 6.45) is 20.0. The molecule has 0 radical (unpaired) electrons. The lowest BCUT2D eigenvalue weighted by Gasteiger charge is -2.09. The minimum atomic E-state index is -0.499. The van der Waals surface area contributed by atoms with Gasteiger partial charge in [-0.2, -0.15) is 0 Å². The van der Waals surface area contributed by atoms with Crippen molar-refractivity contribution in [3.63, 3.8) is 0 Å². The van der Waals surface area contributed by atoms with Gasteiger partial charge in [0.05, 0.1) is 24.3 Å². The van der Waals surface area contributed by atoms with Crippen LogP contribution in [0.15, 0.2) is 119 Å². The maximum Gasteiger partial charge on any atom is 0.343 e. The van der Waals surface area contributed by atoms with Crippen molar-refractivity contribution in [1.82, 2.24) is 0 Å². The third-order valence-electron chi connectivity index (χ3n) is 11.6. The summed E-state index contributed by atoms with van der Waals surface area (Å²) in [7, 11) is 0. The smallest absolute Gasteiger partial charge is 0.343 e. The molecule has 0 spiro atoms. The van der Waals surface area contributed by atoms with Crippen LogP contribution < -0.4 is 18.9 Å². The van der Waals surface area contributed by atoms with Crippen LogP contribution in [0, 0.1) is 0 Å². The molecular weight excluding hydrogens is 841 g/mol. The normalized spacial score (nSPS) is 11.5. The van der Waals surface area contributed by atoms with Gasteiger partial charge in [-0.15, -0.1) is 0 Å². The van der Waals surface area contributed by atoms with Gasteiger partial charge >= 0.3 is 11.9 Å². The number of hydrogen-bond acceptors (Lipinski definition) is 10. The molecule has 0 aliphatic heterocycles. The molecule has 0 saturated heterocycles. The van der Waals surface area contributed by atoms with E-state index in [9.17, 15) is 19.8 Å². The Kier molecular flexibility index (Phi) is 20.1. The fourth-order valence-electron chi connectivity index (χ4n) is 7.66. The first-order chi connectivity index (χ1) is 32.8. The van der Waals surface area contributed by atoms with Gasteiger partial charge in [0.1, 0.15) is 34.5 Å². The van der Waals surface area contributed by atoms with Crippen LogP contribution in [0.4, 0.5) is 0 Å². The lowest BCUT2D eigenvalue weighted by Crippen LogP contribution is -2.08. The van der Waals surface area contributed by atoms with E-state index in [0.29, 0.717) is 48.6 Å². The number of hydrogen-bond donors (Lipinski definition) is 2. The van der Waals surface area contributed by atoms with E-state index in [2.05, 4.69) is 23.8 Å². The number of esters is 2. The highest BCUT2D eigenvalue weighted by Gasteiger charge is 2.14. The topological polar surface area (TPSA) is 136 Å². The molecular formula is C57H66N2O8. The zero-order chi connectivity index (χ0) is 47.1. The molecule has 0 heterocycles. The van der Waals surface area contributed by atoms with E-state index < -0.39 is 11.9 Å². The molecule has 6 rings (SSSR count). The molecule has 67 heavy (non-hydrogen) atoms. The van der Waals surface area contributed by atoms with Crippen molar-refractivity contribution in [2.24, 2.45) is 9.98 Å². The zero-order valence-corrected chi connectivity index (χ0v) is 39.2. The monoisotopic (exact) mass is 906 g/mol. The van der Waals surface area contributed by atoms with Crippen molar-refractivity contribution in [3.05, 3.63) is 131 Å². The molecule has 0 amide bonds. The average Bonchev–Trinajstić information content (AvgIpc) is 3.33. The third kappa shape index (κ3) is 16.3. The van der Waals surface area contributed by atoms with Gasteiger partial charge in [-0.05, 0) is 120 Å². The van der Waals surface area contributed by atoms with Crippen LogP contribution in [0.1, 0.15) is 142 Å². The van der Waals surface area contributed by atoms with E-state index in [4.69, 9.17) is 18.9 Å². The first-order valence-electron chi connectivity index (χ1n) is 24.2. The van der Waals surface area contributed by atoms with Gasteiger partial charge in [-0.3, -0.25) is 9.98 Å². The Morgan fingerprint density at radius 3 is 1.22 bits per heavy atom. The summed E-state index contributed by atoms with van der Waals surface area (Å²) in [6.45, 7) is 7.10. The van der Waals surface area contributed by atoms with Crippen LogP contribution >= 0.6 is 0 Å². The summed E-state index contributed by atoms with van der Waals surface area (Å²) in [5.41, 5.74) is 1.98. The Bertz CT molecular complexity index is 2410. The van der Waals surface area contributed by atoms with Gasteiger partial charge in [0.25, 0.3) is 0 Å². The number of rotatable bonds is 28. The SMILES string of the molecule is CCCCCCOc1ccc2cc(C(=O)Oc3ccc(C=NCCCCCCCCCN=Cc4ccc(OC(=O)c5ccc6cc(OCCCCCC)ccc6c5)cc4O)c(O)c3)ccc2c1. The minimum absolute atomic E-state index is 0.00156. The Morgan fingerprint density at radius 2 is 0.806 bits per heavy atom. The van der Waals surface area contributed by atoms with E-state index in [0.717, 1.165) is 90.8 Å². The van der Waals surface area contributed by atoms with Crippen LogP contribution in [0.2, 0.25) is 0 Å². The molecule has 6 aromatic carbocycles. The molecule has 0 aliphatic carbocycles. The first-order valence-corrected chi connectivity index (χ1v) is 24.2. The predicted octanol–water partition coefficient (Wildman–Crippen LogP) is 14.0. The van der Waals surface area contributed by atoms with Gasteiger partial charge in [0.15, 0.2) is 0 Å². The molecule has 0 fully saturated rings. The summed E-state index contributed by atoms with van der Waals surface area (Å²) >= 11 is 0. The second-order valence-electron chi connectivity index (χ2n) is 17.0. The number of benzene rings is 6. The Hall–Kier alpha value is -6.68. The molecule has 0 atom stereocenters. The zero-order valence-electron chi connectivity index (χ0n) is 39.2. The van der Waals surface area contributed by atoms with Crippen LogP contribution in [-0.2, 0) is 0 Å². The quantitative estimate of drug-likeness (QED) is 0.0215. The standard InChI is InChI=1S/C57H66N2O8/c1-3-5-7-16-32-64-50-26-22-42-34-46(20-18-44(42)36-50)56(62)66-52-28-24-48(54(60)38-52)40-58-30-14-12-10-9-11-13-15-31-59-41-49-25-29-53(39-55(49)61)67-57(63)47-21-19-45-37-51(27-23-43(45)35-47)65-33-17-8-6-4-2/h18-29,34-41,60-61H,3-17,30-33H2,1-2H3. The number of carbonyl (C=O) groups excluding carboxylic acids is 2. The van der Waals surface area contributed by atoms with Crippen molar-refractivity contribution in [2.75, 3.05) is 26.3 Å². The lowest BCUT2D eigenvalue weighted by molar-refractivity contribution is 0.0725. The average molecular weight is 907 g/mol. The van der Waals surface area contributed by atoms with E-state index in [1.54, 1.807) is 61.0 Å². The number of ether oxygens (including phenoxy) is 4. The molecule has 2 N–H and O–H groups in total. The van der Waals surface area contributed by atoms with E-state index in [1.165, 1.54) is 50.7 Å². The maximum absolute atomic E-state index is 12.9. The molecule has 0 aromatic heterocycles. The van der Waals surface area contributed by atoms with E-state index in [-0.39, 0.29) is 23.0 Å². The summed E-state index contributed by atoms with van der Waals surface area (Å²) in [5.74, 6) is 1.16. The number of carbonyl (C=O) groups is 2. The minimum Gasteiger partial charge on any atom is -0.507 e. The van der Waals surface area contributed by atoms with Crippen molar-refractivity contribution in [1.29, 1.82) is 0 Å². The first kappa shape index (κ1) is 49.7. The lowest BCUT2D eigenvalue weighted by atomic mass is 10.1. The summed E-state index contributed by atoms with van der Waals surface area (Å²) in [4.78, 5) is 34.9. The number of unbranched alkanes of at least 4 members (excludes halogenated alkanes) is 12. The van der Waals surface area contributed by atoms with Crippen LogP contribution in [0.5, 0.6) is 34.5 Å². The van der Waals surface area contributed by atoms with Gasteiger partial charge in [0.2, 0.25) is 0 Å². The highest BCUT2D eigenvalue weighted by molar-refractivity contribution is 5.98. The van der Waals surface area contributed by atoms with Gasteiger partial charge < -0.3 is 29.2 Å². The van der Waals surface area contributed by atoms with Crippen LogP contribution in [0.3, 0.4) is 0 Å². The molecule has 6 aromatic rings. The molecule has 0 bridgehead atoms. The molecule has 0 saturated carbocycles. The highest BCUT2D eigenvalue weighted by Crippen LogP contribution is 2.28. The molecule has 0 unspecified atom stereocenters. The highest BCUT2D eigenvalue weighted by atomic mass is 16.5. The summed E-state index contributed by atoms with van der Waals surface area (Å²) in [6, 6.07) is 32.2. The molecule has 10 heteroatoms. The van der Waals surface area contributed by atoms with Gasteiger partial charge in [-0.1, -0.05) is 109 Å². The number of fused-ring (bicyclic) bond motifs is 2. The number of aliphatic imine (C=N–C) groups is 2. The summed E-state index contributed by atoms with van der Waals surface area (Å²) in [5, 5.41) is 25.0. The number of phenolic OH excluding ortho intramolecular Hbond substituents is 2. The number of nitrogens with zero attached hydrogens (tertiary/aromatic N) is 2. The molecule has 0 aliphatic rings. The Morgan fingerprint density at radius 1 is 0.433 bits per heavy atom. The van der Waals surface area contributed by atoms with Crippen molar-refractivity contribution < 1.29 is 38.7 Å². The van der Waals surface area contributed by atoms with E-state index >= 15 is 0 Å². The van der Waals surface area contributed by atoms with Crippen molar-refractivity contribution in [3.8, 4) is 34.5 Å². The largest absolute Gasteiger partial charge is 0.507 e. The Balaban J connectivity index is 0.813. The fourth-order valence-corrected chi connectivity index (χ4v) is 7.66. The third-order valence-corrected chi connectivity index (χ3v) is 11.6. The van der Waals surface area contributed by atoms with Crippen molar-refractivity contribution in [2.45, 2.75) is 110 Å². The fraction of sp³-hybridized carbons (Fsp3) is 0.368.